The summed E-state index contributed by atoms with van der Waals surface area (Å²) in [4.78, 5) is 43.3. The number of pyridine rings is 1. The number of nitrogens with two attached hydrogens (primary N) is 2. The minimum atomic E-state index is -5.55. The van der Waals surface area contributed by atoms with Crippen LogP contribution in [0.3, 0.4) is 0 Å². The third kappa shape index (κ3) is 4.94. The molecule has 0 bridgehead atoms. The van der Waals surface area contributed by atoms with Gasteiger partial charge in [-0.1, -0.05) is 0 Å². The molecule has 0 radical (unpaired) electrons. The summed E-state index contributed by atoms with van der Waals surface area (Å²) in [6, 6.07) is 2.76. The van der Waals surface area contributed by atoms with E-state index in [9.17, 15) is 34.4 Å². The van der Waals surface area contributed by atoms with E-state index in [2.05, 4.69) is 17.2 Å². The van der Waals surface area contributed by atoms with E-state index in [4.69, 9.17) is 21.1 Å². The Kier molecular flexibility index (Phi) is 7.05. The van der Waals surface area contributed by atoms with Crippen molar-refractivity contribution in [3.8, 4) is 0 Å². The van der Waals surface area contributed by atoms with Crippen LogP contribution in [0.4, 0.5) is 0 Å². The normalized spacial score (nSPS) is 29.6. The van der Waals surface area contributed by atoms with E-state index in [1.165, 1.54) is 24.5 Å². The molecule has 8 N–H and O–H groups in total. The highest BCUT2D eigenvalue weighted by Crippen LogP contribution is 2.41. The van der Waals surface area contributed by atoms with Gasteiger partial charge in [0.15, 0.2) is 24.0 Å². The zero-order valence-electron chi connectivity index (χ0n) is 14.6. The number of primary amides is 1. The maximum atomic E-state index is 11.6. The summed E-state index contributed by atoms with van der Waals surface area (Å²) in [6.45, 7) is 0. The highest BCUT2D eigenvalue weighted by atomic mass is 32.1. The Bertz CT molecular complexity index is 838. The number of hydrogen-bond acceptors (Lipinski definition) is 10. The van der Waals surface area contributed by atoms with Crippen molar-refractivity contribution in [3.05, 3.63) is 30.1 Å². The Labute approximate surface area is 169 Å². The number of thiol groups is 1. The van der Waals surface area contributed by atoms with Crippen molar-refractivity contribution in [3.63, 3.8) is 0 Å². The molecule has 1 aromatic rings. The van der Waals surface area contributed by atoms with E-state index in [-0.39, 0.29) is 5.56 Å². The molecular formula is C14H20N3O10PS. The number of nitrogens with zero attached hydrogens (tertiary/aromatic N) is 1. The average molecular weight is 453 g/mol. The number of carboxylic acid groups (broad SMARTS) is 1. The summed E-state index contributed by atoms with van der Waals surface area (Å²) in [5.41, 5.74) is 8.40. The number of hydrogen-bond donors (Lipinski definition) is 7. The Morgan fingerprint density at radius 3 is 2.55 bits per heavy atom. The molecule has 2 heterocycles. The second kappa shape index (κ2) is 8.63. The van der Waals surface area contributed by atoms with Crippen molar-refractivity contribution < 1.29 is 53.1 Å². The maximum Gasteiger partial charge on any atom is 0.327 e. The monoisotopic (exact) mass is 453 g/mol. The molecule has 29 heavy (non-hydrogen) atoms. The molecule has 1 aliphatic rings. The number of aliphatic hydroxyl groups is 2. The Balaban J connectivity index is 2.45. The first kappa shape index (κ1) is 23.7. The number of carboxylic acids is 1. The van der Waals surface area contributed by atoms with Crippen molar-refractivity contribution in [1.82, 2.24) is 0 Å². The molecule has 2 rings (SSSR count). The van der Waals surface area contributed by atoms with Gasteiger partial charge < -0.3 is 45.8 Å². The predicted molar refractivity (Wildman–Crippen MR) is 94.2 cm³/mol. The Hall–Kier alpha value is -1.61. The first-order valence-corrected chi connectivity index (χ1v) is 10.1. The van der Waals surface area contributed by atoms with E-state index in [1.54, 1.807) is 0 Å². The van der Waals surface area contributed by atoms with E-state index in [0.29, 0.717) is 0 Å². The number of carbonyl (C=O) groups excluding carboxylic acids is 1. The molecule has 0 aliphatic carbocycles. The highest BCUT2D eigenvalue weighted by Gasteiger charge is 2.58. The van der Waals surface area contributed by atoms with Crippen molar-refractivity contribution in [1.29, 1.82) is 0 Å². The highest BCUT2D eigenvalue weighted by molar-refractivity contribution is 7.80. The van der Waals surface area contributed by atoms with Gasteiger partial charge in [0.05, 0.1) is 0 Å². The van der Waals surface area contributed by atoms with Crippen LogP contribution >= 0.6 is 20.5 Å². The number of phosphoric acid groups is 1. The lowest BCUT2D eigenvalue weighted by Crippen LogP contribution is -2.65. The molecule has 2 unspecified atom stereocenters. The van der Waals surface area contributed by atoms with Gasteiger partial charge in [-0.25, -0.2) is 0 Å². The largest absolute Gasteiger partial charge is 0.756 e. The minimum absolute atomic E-state index is 0.0301. The van der Waals surface area contributed by atoms with Crippen LogP contribution in [-0.2, 0) is 18.6 Å². The van der Waals surface area contributed by atoms with Crippen LogP contribution in [0, 0.1) is 0 Å². The standard InChI is InChI=1S/C14H20N3O10PS/c15-11(20)6-2-1-3-17(4-6)12-8(19)7(18)9(26-12)10(27-28(23,24)25)14(16,5-29)13(21)22/h1-4,7-10,12,18-19H,5,16H2,(H5-,15,20,21,22,23,24,25,29)/t7-,8+,9+,10?,12+,14+/m0/s1. The zero-order chi connectivity index (χ0) is 22.1. The lowest BCUT2D eigenvalue weighted by Gasteiger charge is -2.38. The second-order valence-electron chi connectivity index (χ2n) is 6.37. The number of amides is 1. The zero-order valence-corrected chi connectivity index (χ0v) is 16.4. The van der Waals surface area contributed by atoms with Crippen LogP contribution in [0.1, 0.15) is 16.6 Å². The molecular weight excluding hydrogens is 433 g/mol. The molecule has 15 heteroatoms. The quantitative estimate of drug-likeness (QED) is 0.115. The summed E-state index contributed by atoms with van der Waals surface area (Å²) < 4.78 is 22.3. The molecule has 162 valence electrons. The molecule has 1 aliphatic heterocycles. The van der Waals surface area contributed by atoms with E-state index in [0.717, 1.165) is 4.57 Å². The number of aromatic nitrogens is 1. The molecule has 7 atom stereocenters. The van der Waals surface area contributed by atoms with Crippen LogP contribution in [0.2, 0.25) is 0 Å². The van der Waals surface area contributed by atoms with Gasteiger partial charge in [-0.2, -0.15) is 17.2 Å². The summed E-state index contributed by atoms with van der Waals surface area (Å²) in [6.07, 6.45) is -6.45. The fourth-order valence-electron chi connectivity index (χ4n) is 2.85. The summed E-state index contributed by atoms with van der Waals surface area (Å²) in [7, 11) is -5.55. The van der Waals surface area contributed by atoms with Crippen molar-refractivity contribution >= 4 is 32.3 Å². The van der Waals surface area contributed by atoms with Gasteiger partial charge in [-0.15, -0.1) is 0 Å². The Morgan fingerprint density at radius 1 is 1.45 bits per heavy atom. The number of aliphatic hydroxyl groups excluding tert-OH is 2. The van der Waals surface area contributed by atoms with Gasteiger partial charge in [0.25, 0.3) is 20.0 Å². The van der Waals surface area contributed by atoms with Crippen LogP contribution in [-0.4, -0.2) is 67.8 Å². The first-order chi connectivity index (χ1) is 13.3. The molecule has 0 spiro atoms. The van der Waals surface area contributed by atoms with Gasteiger partial charge >= 0.3 is 5.97 Å². The summed E-state index contributed by atoms with van der Waals surface area (Å²) in [5.74, 6) is -3.23. The average Bonchev–Trinajstić information content (AvgIpc) is 2.93. The number of aliphatic carboxylic acids is 1. The molecule has 1 saturated heterocycles. The van der Waals surface area contributed by atoms with Crippen molar-refractivity contribution in [2.45, 2.75) is 36.2 Å². The summed E-state index contributed by atoms with van der Waals surface area (Å²) in [5, 5.41) is 30.1. The number of phosphoric ester groups is 1. The lowest BCUT2D eigenvalue weighted by molar-refractivity contribution is -0.766. The maximum absolute atomic E-state index is 11.6. The summed E-state index contributed by atoms with van der Waals surface area (Å²) >= 11 is 3.79. The molecule has 1 fully saturated rings. The molecule has 0 saturated carbocycles. The van der Waals surface area contributed by atoms with Gasteiger partial charge in [0.2, 0.25) is 0 Å². The molecule has 13 nitrogen and oxygen atoms in total. The van der Waals surface area contributed by atoms with Crippen molar-refractivity contribution in [2.75, 3.05) is 5.75 Å². The van der Waals surface area contributed by atoms with Gasteiger partial charge in [-0.3, -0.25) is 14.2 Å². The van der Waals surface area contributed by atoms with Gasteiger partial charge in [0, 0.05) is 11.8 Å². The predicted octanol–water partition coefficient (Wildman–Crippen LogP) is -3.75. The van der Waals surface area contributed by atoms with Crippen LogP contribution < -0.4 is 20.9 Å². The smallest absolute Gasteiger partial charge is 0.327 e. The number of rotatable bonds is 8. The SMILES string of the molecule is NC(=O)c1ccc[n+]([C@@H]2O[C@@H](C(OP(=O)([O-])O)[C@](N)(CS)C(=O)O)[C@@H](O)[C@H]2O)c1. The van der Waals surface area contributed by atoms with Crippen LogP contribution in [0.25, 0.3) is 0 Å². The van der Waals surface area contributed by atoms with Gasteiger partial charge in [0.1, 0.15) is 23.9 Å². The van der Waals surface area contributed by atoms with Crippen LogP contribution in [0.15, 0.2) is 24.5 Å². The van der Waals surface area contributed by atoms with E-state index >= 15 is 0 Å². The minimum Gasteiger partial charge on any atom is -0.756 e. The number of ether oxygens (including phenoxy) is 1. The van der Waals surface area contributed by atoms with Gasteiger partial charge in [-0.05, 0) is 6.07 Å². The fraction of sp³-hybridized carbons (Fsp3) is 0.500. The third-order valence-corrected chi connectivity index (χ3v) is 5.41. The lowest BCUT2D eigenvalue weighted by atomic mass is 9.89. The third-order valence-electron chi connectivity index (χ3n) is 4.39. The second-order valence-corrected chi connectivity index (χ2v) is 7.84. The fourth-order valence-corrected chi connectivity index (χ4v) is 3.76. The number of carbonyl (C=O) groups is 2. The Morgan fingerprint density at radius 2 is 2.07 bits per heavy atom. The topological polar surface area (TPSA) is 230 Å². The first-order valence-electron chi connectivity index (χ1n) is 7.99. The molecule has 1 amide bonds. The van der Waals surface area contributed by atoms with Crippen LogP contribution in [0.5, 0.6) is 0 Å². The molecule has 1 aromatic heterocycles. The van der Waals surface area contributed by atoms with E-state index < -0.39 is 61.6 Å². The van der Waals surface area contributed by atoms with Crippen molar-refractivity contribution in [2.24, 2.45) is 11.5 Å². The van der Waals surface area contributed by atoms with E-state index in [1.807, 2.05) is 0 Å². The molecule has 0 aromatic carbocycles.